The third-order valence-electron chi connectivity index (χ3n) is 6.00. The highest BCUT2D eigenvalue weighted by atomic mass is 32.2. The predicted molar refractivity (Wildman–Crippen MR) is 118 cm³/mol. The lowest BCUT2D eigenvalue weighted by Crippen LogP contribution is -2.43. The van der Waals surface area contributed by atoms with Gasteiger partial charge in [-0.15, -0.1) is 0 Å². The molecule has 30 heavy (non-hydrogen) atoms. The van der Waals surface area contributed by atoms with E-state index in [1.54, 1.807) is 29.3 Å². The first kappa shape index (κ1) is 19.1. The fourth-order valence-electron chi connectivity index (χ4n) is 4.47. The molecule has 0 spiro atoms. The van der Waals surface area contributed by atoms with Gasteiger partial charge in [-0.05, 0) is 36.2 Å². The number of amides is 1. The molecule has 2 aliphatic rings. The number of anilines is 2. The molecule has 3 heterocycles. The lowest BCUT2D eigenvalue weighted by atomic mass is 10.2. The van der Waals surface area contributed by atoms with Crippen LogP contribution in [0.5, 0.6) is 0 Å². The number of nitrogens with zero attached hydrogens (tertiary/aromatic N) is 3. The van der Waals surface area contributed by atoms with Gasteiger partial charge in [0.2, 0.25) is 5.91 Å². The van der Waals surface area contributed by atoms with E-state index in [-0.39, 0.29) is 10.8 Å². The van der Waals surface area contributed by atoms with Gasteiger partial charge < -0.3 is 15.1 Å². The highest BCUT2D eigenvalue weighted by molar-refractivity contribution is 7.90. The first-order valence-electron chi connectivity index (χ1n) is 10.2. The predicted octanol–water partition coefficient (Wildman–Crippen LogP) is 2.20. The molecule has 1 aromatic heterocycles. The molecular formula is C22H24N4O3S. The summed E-state index contributed by atoms with van der Waals surface area (Å²) >= 11 is 0. The largest absolute Gasteiger partial charge is 0.367 e. The first-order chi connectivity index (χ1) is 14.5. The molecule has 0 radical (unpaired) electrons. The van der Waals surface area contributed by atoms with Gasteiger partial charge in [-0.25, -0.2) is 12.4 Å². The zero-order valence-electron chi connectivity index (χ0n) is 16.8. The Morgan fingerprint density at radius 3 is 2.53 bits per heavy atom. The van der Waals surface area contributed by atoms with E-state index in [0.717, 1.165) is 48.5 Å². The summed E-state index contributed by atoms with van der Waals surface area (Å²) in [6.07, 6.45) is 2.41. The molecule has 1 N–H and O–H groups in total. The summed E-state index contributed by atoms with van der Waals surface area (Å²) in [6.45, 7) is 5.56. The van der Waals surface area contributed by atoms with E-state index in [2.05, 4.69) is 10.2 Å². The van der Waals surface area contributed by atoms with Crippen LogP contribution in [0.4, 0.5) is 11.4 Å². The standard InChI is InChI=1S/C22H24N4O3S/c1-16(27)25-11-8-17-14-18(6-7-20(17)25)30(28,29)26-15-22(24-12-9-23-10-13-24)19-4-2-3-5-21(19)26/h2-7,14-15,23H,8-13H2,1H3. The lowest BCUT2D eigenvalue weighted by Gasteiger charge is -2.28. The molecule has 8 heteroatoms. The average molecular weight is 425 g/mol. The molecule has 1 fully saturated rings. The van der Waals surface area contributed by atoms with Gasteiger partial charge in [-0.3, -0.25) is 4.79 Å². The van der Waals surface area contributed by atoms with Crippen molar-refractivity contribution >= 4 is 38.2 Å². The highest BCUT2D eigenvalue weighted by Gasteiger charge is 2.27. The zero-order chi connectivity index (χ0) is 20.9. The zero-order valence-corrected chi connectivity index (χ0v) is 17.7. The van der Waals surface area contributed by atoms with Crippen molar-refractivity contribution in [3.63, 3.8) is 0 Å². The number of carbonyl (C=O) groups is 1. The highest BCUT2D eigenvalue weighted by Crippen LogP contribution is 2.34. The molecule has 0 atom stereocenters. The summed E-state index contributed by atoms with van der Waals surface area (Å²) in [6, 6.07) is 12.7. The van der Waals surface area contributed by atoms with E-state index in [4.69, 9.17) is 0 Å². The van der Waals surface area contributed by atoms with E-state index >= 15 is 0 Å². The van der Waals surface area contributed by atoms with Crippen LogP contribution in [0.1, 0.15) is 12.5 Å². The number of aromatic nitrogens is 1. The molecule has 5 rings (SSSR count). The van der Waals surface area contributed by atoms with Crippen LogP contribution in [-0.2, 0) is 21.2 Å². The third-order valence-corrected chi connectivity index (χ3v) is 7.67. The maximum absolute atomic E-state index is 13.6. The number of fused-ring (bicyclic) bond motifs is 2. The topological polar surface area (TPSA) is 74.7 Å². The summed E-state index contributed by atoms with van der Waals surface area (Å²) in [5.74, 6) is -0.0265. The summed E-state index contributed by atoms with van der Waals surface area (Å²) in [5, 5.41) is 4.27. The number of benzene rings is 2. The van der Waals surface area contributed by atoms with Crippen molar-refractivity contribution in [2.24, 2.45) is 0 Å². The Balaban J connectivity index is 1.61. The normalized spacial score (nSPS) is 16.8. The Morgan fingerprint density at radius 1 is 1.00 bits per heavy atom. The maximum atomic E-state index is 13.6. The SMILES string of the molecule is CC(=O)N1CCc2cc(S(=O)(=O)n3cc(N4CCNCC4)c4ccccc43)ccc21. The number of para-hydroxylation sites is 1. The molecule has 1 saturated heterocycles. The minimum Gasteiger partial charge on any atom is -0.367 e. The smallest absolute Gasteiger partial charge is 0.268 e. The molecule has 0 unspecified atom stereocenters. The number of hydrogen-bond acceptors (Lipinski definition) is 5. The first-order valence-corrected chi connectivity index (χ1v) is 11.6. The molecule has 2 aliphatic heterocycles. The van der Waals surface area contributed by atoms with E-state index < -0.39 is 10.0 Å². The number of rotatable bonds is 3. The second-order valence-electron chi connectivity index (χ2n) is 7.78. The van der Waals surface area contributed by atoms with Crippen molar-refractivity contribution in [3.05, 3.63) is 54.2 Å². The van der Waals surface area contributed by atoms with Gasteiger partial charge in [-0.2, -0.15) is 0 Å². The Kier molecular flexibility index (Phi) is 4.56. The van der Waals surface area contributed by atoms with E-state index in [1.807, 2.05) is 24.3 Å². The van der Waals surface area contributed by atoms with Crippen LogP contribution in [0, 0.1) is 0 Å². The Morgan fingerprint density at radius 2 is 1.77 bits per heavy atom. The molecule has 0 saturated carbocycles. The second-order valence-corrected chi connectivity index (χ2v) is 9.60. The van der Waals surface area contributed by atoms with Crippen LogP contribution in [0.15, 0.2) is 53.6 Å². The second kappa shape index (κ2) is 7.14. The van der Waals surface area contributed by atoms with Crippen LogP contribution < -0.4 is 15.1 Å². The van der Waals surface area contributed by atoms with Crippen molar-refractivity contribution in [2.75, 3.05) is 42.5 Å². The van der Waals surface area contributed by atoms with Gasteiger partial charge in [-0.1, -0.05) is 18.2 Å². The Hall–Kier alpha value is -2.84. The summed E-state index contributed by atoms with van der Waals surface area (Å²) in [5.41, 5.74) is 3.32. The van der Waals surface area contributed by atoms with E-state index in [1.165, 1.54) is 10.9 Å². The van der Waals surface area contributed by atoms with Crippen LogP contribution in [0.3, 0.4) is 0 Å². The number of nitrogens with one attached hydrogen (secondary N) is 1. The molecule has 156 valence electrons. The molecular weight excluding hydrogens is 400 g/mol. The van der Waals surface area contributed by atoms with Crippen LogP contribution in [0.25, 0.3) is 10.9 Å². The molecule has 0 bridgehead atoms. The summed E-state index contributed by atoms with van der Waals surface area (Å²) < 4.78 is 28.6. The lowest BCUT2D eigenvalue weighted by molar-refractivity contribution is -0.116. The van der Waals surface area contributed by atoms with E-state index in [0.29, 0.717) is 18.5 Å². The quantitative estimate of drug-likeness (QED) is 0.698. The summed E-state index contributed by atoms with van der Waals surface area (Å²) in [4.78, 5) is 16.0. The molecule has 2 aromatic carbocycles. The molecule has 1 amide bonds. The molecule has 7 nitrogen and oxygen atoms in total. The van der Waals surface area contributed by atoms with Gasteiger partial charge >= 0.3 is 0 Å². The van der Waals surface area contributed by atoms with E-state index in [9.17, 15) is 13.2 Å². The van der Waals surface area contributed by atoms with Crippen LogP contribution >= 0.6 is 0 Å². The third kappa shape index (κ3) is 2.98. The Labute approximate surface area is 175 Å². The fourth-order valence-corrected chi connectivity index (χ4v) is 5.88. The van der Waals surface area contributed by atoms with Gasteiger partial charge in [0.25, 0.3) is 10.0 Å². The van der Waals surface area contributed by atoms with Gasteiger partial charge in [0.1, 0.15) is 0 Å². The van der Waals surface area contributed by atoms with Gasteiger partial charge in [0.05, 0.1) is 16.1 Å². The van der Waals surface area contributed by atoms with Crippen molar-refractivity contribution in [3.8, 4) is 0 Å². The van der Waals surface area contributed by atoms with Gasteiger partial charge in [0, 0.05) is 56.9 Å². The number of carbonyl (C=O) groups excluding carboxylic acids is 1. The van der Waals surface area contributed by atoms with Gasteiger partial charge in [0.15, 0.2) is 0 Å². The fraction of sp³-hybridized carbons (Fsp3) is 0.318. The monoisotopic (exact) mass is 424 g/mol. The Bertz CT molecular complexity index is 1240. The van der Waals surface area contributed by atoms with Crippen molar-refractivity contribution in [1.82, 2.24) is 9.29 Å². The van der Waals surface area contributed by atoms with Crippen LogP contribution in [0.2, 0.25) is 0 Å². The maximum Gasteiger partial charge on any atom is 0.268 e. The minimum atomic E-state index is -3.77. The van der Waals surface area contributed by atoms with Crippen LogP contribution in [-0.4, -0.2) is 51.0 Å². The summed E-state index contributed by atoms with van der Waals surface area (Å²) in [7, 11) is -3.77. The van der Waals surface area contributed by atoms with Crippen molar-refractivity contribution in [2.45, 2.75) is 18.2 Å². The minimum absolute atomic E-state index is 0.0265. The molecule has 3 aromatic rings. The number of hydrogen-bond donors (Lipinski definition) is 1. The molecule has 0 aliphatic carbocycles. The number of piperazine rings is 1. The van der Waals surface area contributed by atoms with Crippen molar-refractivity contribution in [1.29, 1.82) is 0 Å². The van der Waals surface area contributed by atoms with Crippen molar-refractivity contribution < 1.29 is 13.2 Å². The average Bonchev–Trinajstić information content (AvgIpc) is 3.36.